The number of hydrogen-bond donors (Lipinski definition) is 1. The SMILES string of the molecule is CCCNC1CC2CCC(C1)N2c1c(Br)cccc1Br. The van der Waals surface area contributed by atoms with Gasteiger partial charge in [-0.05, 0) is 82.6 Å². The number of nitrogens with zero attached hydrogens (tertiary/aromatic N) is 1. The normalized spacial score (nSPS) is 28.9. The average molecular weight is 402 g/mol. The first-order chi connectivity index (χ1) is 9.70. The van der Waals surface area contributed by atoms with E-state index in [1.54, 1.807) is 0 Å². The number of halogens is 2. The summed E-state index contributed by atoms with van der Waals surface area (Å²) in [7, 11) is 0. The fourth-order valence-electron chi connectivity index (χ4n) is 3.79. The molecule has 3 rings (SSSR count). The van der Waals surface area contributed by atoms with Crippen molar-refractivity contribution in [3.8, 4) is 0 Å². The molecule has 20 heavy (non-hydrogen) atoms. The number of fused-ring (bicyclic) bond motifs is 2. The van der Waals surface area contributed by atoms with E-state index in [4.69, 9.17) is 0 Å². The molecule has 2 fully saturated rings. The molecule has 1 aromatic carbocycles. The van der Waals surface area contributed by atoms with Crippen LogP contribution in [-0.2, 0) is 0 Å². The summed E-state index contributed by atoms with van der Waals surface area (Å²) in [5, 5.41) is 3.72. The van der Waals surface area contributed by atoms with E-state index in [0.29, 0.717) is 18.1 Å². The summed E-state index contributed by atoms with van der Waals surface area (Å²) < 4.78 is 2.42. The maximum atomic E-state index is 3.74. The van der Waals surface area contributed by atoms with Gasteiger partial charge in [0.05, 0.1) is 5.69 Å². The van der Waals surface area contributed by atoms with Crippen molar-refractivity contribution >= 4 is 37.5 Å². The molecule has 0 radical (unpaired) electrons. The van der Waals surface area contributed by atoms with Crippen molar-refractivity contribution < 1.29 is 0 Å². The van der Waals surface area contributed by atoms with Crippen molar-refractivity contribution in [1.82, 2.24) is 5.32 Å². The Morgan fingerprint density at radius 1 is 1.15 bits per heavy atom. The van der Waals surface area contributed by atoms with Gasteiger partial charge in [-0.3, -0.25) is 0 Å². The van der Waals surface area contributed by atoms with Gasteiger partial charge in [-0.25, -0.2) is 0 Å². The molecule has 0 spiro atoms. The van der Waals surface area contributed by atoms with Gasteiger partial charge >= 0.3 is 0 Å². The van der Waals surface area contributed by atoms with E-state index in [0.717, 1.165) is 6.54 Å². The molecule has 2 bridgehead atoms. The first-order valence-corrected chi connectivity index (χ1v) is 9.25. The lowest BCUT2D eigenvalue weighted by Crippen LogP contribution is -2.49. The van der Waals surface area contributed by atoms with Crippen LogP contribution in [0.5, 0.6) is 0 Å². The Labute approximate surface area is 138 Å². The zero-order chi connectivity index (χ0) is 14.1. The highest BCUT2D eigenvalue weighted by Gasteiger charge is 2.41. The molecule has 2 atom stereocenters. The Bertz CT molecular complexity index is 443. The summed E-state index contributed by atoms with van der Waals surface area (Å²) >= 11 is 7.47. The Balaban J connectivity index is 1.80. The van der Waals surface area contributed by atoms with E-state index in [9.17, 15) is 0 Å². The molecule has 0 aliphatic carbocycles. The minimum absolute atomic E-state index is 0.693. The van der Waals surface area contributed by atoms with E-state index in [2.05, 4.69) is 67.2 Å². The van der Waals surface area contributed by atoms with Crippen LogP contribution in [0.25, 0.3) is 0 Å². The van der Waals surface area contributed by atoms with Crippen LogP contribution < -0.4 is 10.2 Å². The van der Waals surface area contributed by atoms with Gasteiger partial charge in [-0.15, -0.1) is 0 Å². The first-order valence-electron chi connectivity index (χ1n) is 7.66. The fourth-order valence-corrected chi connectivity index (χ4v) is 5.20. The maximum Gasteiger partial charge on any atom is 0.0660 e. The van der Waals surface area contributed by atoms with Gasteiger partial charge in [0.2, 0.25) is 0 Å². The molecule has 2 nitrogen and oxygen atoms in total. The van der Waals surface area contributed by atoms with E-state index < -0.39 is 0 Å². The second kappa shape index (κ2) is 6.37. The summed E-state index contributed by atoms with van der Waals surface area (Å²) in [6.45, 7) is 3.40. The molecule has 2 aliphatic rings. The van der Waals surface area contributed by atoms with Crippen molar-refractivity contribution in [2.75, 3.05) is 11.4 Å². The number of nitrogens with one attached hydrogen (secondary N) is 1. The molecule has 2 aliphatic heterocycles. The minimum atomic E-state index is 0.693. The third kappa shape index (κ3) is 2.79. The molecule has 1 aromatic rings. The predicted octanol–water partition coefficient (Wildman–Crippen LogP) is 4.71. The number of benzene rings is 1. The number of hydrogen-bond acceptors (Lipinski definition) is 2. The van der Waals surface area contributed by atoms with Crippen molar-refractivity contribution in [3.05, 3.63) is 27.1 Å². The van der Waals surface area contributed by atoms with Gasteiger partial charge in [0, 0.05) is 27.1 Å². The standard InChI is InChI=1S/C16H22Br2N2/c1-2-8-19-11-9-12-6-7-13(10-11)20(12)16-14(17)4-3-5-15(16)18/h3-5,11-13,19H,2,6-10H2,1H3. The summed E-state index contributed by atoms with van der Waals surface area (Å²) in [5.74, 6) is 0. The van der Waals surface area contributed by atoms with Crippen molar-refractivity contribution in [3.63, 3.8) is 0 Å². The average Bonchev–Trinajstić information content (AvgIpc) is 2.68. The lowest BCUT2D eigenvalue weighted by Gasteiger charge is -2.41. The third-order valence-electron chi connectivity index (χ3n) is 4.61. The minimum Gasteiger partial charge on any atom is -0.364 e. The van der Waals surface area contributed by atoms with Crippen LogP contribution in [0.1, 0.15) is 39.0 Å². The van der Waals surface area contributed by atoms with E-state index in [1.165, 1.54) is 46.7 Å². The van der Waals surface area contributed by atoms with E-state index in [1.807, 2.05) is 0 Å². The highest BCUT2D eigenvalue weighted by molar-refractivity contribution is 9.11. The van der Waals surface area contributed by atoms with Crippen molar-refractivity contribution in [1.29, 1.82) is 0 Å². The van der Waals surface area contributed by atoms with Crippen LogP contribution in [0.2, 0.25) is 0 Å². The lowest BCUT2D eigenvalue weighted by molar-refractivity contribution is 0.356. The van der Waals surface area contributed by atoms with Crippen molar-refractivity contribution in [2.24, 2.45) is 0 Å². The first kappa shape index (κ1) is 14.9. The highest BCUT2D eigenvalue weighted by atomic mass is 79.9. The Morgan fingerprint density at radius 3 is 2.30 bits per heavy atom. The van der Waals surface area contributed by atoms with Crippen LogP contribution in [0.3, 0.4) is 0 Å². The van der Waals surface area contributed by atoms with Crippen LogP contribution in [0.4, 0.5) is 5.69 Å². The van der Waals surface area contributed by atoms with Gasteiger partial charge in [0.25, 0.3) is 0 Å². The van der Waals surface area contributed by atoms with Gasteiger partial charge in [-0.2, -0.15) is 0 Å². The summed E-state index contributed by atoms with van der Waals surface area (Å²) in [4.78, 5) is 2.66. The third-order valence-corrected chi connectivity index (χ3v) is 5.89. The molecule has 1 N–H and O–H groups in total. The molecule has 2 heterocycles. The highest BCUT2D eigenvalue weighted by Crippen LogP contribution is 2.45. The smallest absolute Gasteiger partial charge is 0.0660 e. The second-order valence-corrected chi connectivity index (χ2v) is 7.69. The van der Waals surface area contributed by atoms with Crippen LogP contribution in [0, 0.1) is 0 Å². The van der Waals surface area contributed by atoms with Crippen LogP contribution in [-0.4, -0.2) is 24.7 Å². The largest absolute Gasteiger partial charge is 0.364 e. The quantitative estimate of drug-likeness (QED) is 0.785. The Hall–Kier alpha value is -0.0600. The monoisotopic (exact) mass is 400 g/mol. The second-order valence-electron chi connectivity index (χ2n) is 5.98. The summed E-state index contributed by atoms with van der Waals surface area (Å²) in [6.07, 6.45) is 6.46. The van der Waals surface area contributed by atoms with Crippen LogP contribution in [0.15, 0.2) is 27.1 Å². The van der Waals surface area contributed by atoms with Gasteiger partial charge in [0.1, 0.15) is 0 Å². The number of anilines is 1. The zero-order valence-corrected chi connectivity index (χ0v) is 15.1. The van der Waals surface area contributed by atoms with Gasteiger partial charge in [-0.1, -0.05) is 13.0 Å². The Kier molecular flexibility index (Phi) is 4.73. The zero-order valence-electron chi connectivity index (χ0n) is 11.9. The molecular formula is C16H22Br2N2. The number of para-hydroxylation sites is 1. The molecule has 0 saturated carbocycles. The fraction of sp³-hybridized carbons (Fsp3) is 0.625. The Morgan fingerprint density at radius 2 is 1.75 bits per heavy atom. The summed E-state index contributed by atoms with van der Waals surface area (Å²) in [5.41, 5.74) is 1.36. The topological polar surface area (TPSA) is 15.3 Å². The summed E-state index contributed by atoms with van der Waals surface area (Å²) in [6, 6.07) is 8.50. The molecule has 2 saturated heterocycles. The molecule has 110 valence electrons. The molecular weight excluding hydrogens is 380 g/mol. The van der Waals surface area contributed by atoms with Crippen molar-refractivity contribution in [2.45, 2.75) is 57.2 Å². The van der Waals surface area contributed by atoms with E-state index >= 15 is 0 Å². The maximum absolute atomic E-state index is 3.74. The van der Waals surface area contributed by atoms with E-state index in [-0.39, 0.29) is 0 Å². The van der Waals surface area contributed by atoms with Gasteiger partial charge in [0.15, 0.2) is 0 Å². The molecule has 2 unspecified atom stereocenters. The predicted molar refractivity (Wildman–Crippen MR) is 92.4 cm³/mol. The molecule has 4 heteroatoms. The molecule has 0 aromatic heterocycles. The number of piperidine rings is 1. The number of rotatable bonds is 4. The molecule has 0 amide bonds. The van der Waals surface area contributed by atoms with Crippen LogP contribution >= 0.6 is 31.9 Å². The van der Waals surface area contributed by atoms with Gasteiger partial charge < -0.3 is 10.2 Å². The lowest BCUT2D eigenvalue weighted by atomic mass is 9.96.